The predicted molar refractivity (Wildman–Crippen MR) is 120 cm³/mol. The Bertz CT molecular complexity index is 1090. The molecule has 0 bridgehead atoms. The number of hydrogen-bond acceptors (Lipinski definition) is 4. The number of nitrogens with zero attached hydrogens (tertiary/aromatic N) is 3. The summed E-state index contributed by atoms with van der Waals surface area (Å²) >= 11 is 5.85. The summed E-state index contributed by atoms with van der Waals surface area (Å²) in [4.78, 5) is 30.9. The van der Waals surface area contributed by atoms with Crippen molar-refractivity contribution < 1.29 is 14.3 Å². The molecule has 0 radical (unpaired) electrons. The first-order valence-corrected chi connectivity index (χ1v) is 10.8. The van der Waals surface area contributed by atoms with Gasteiger partial charge in [0.05, 0.1) is 11.0 Å². The van der Waals surface area contributed by atoms with E-state index in [4.69, 9.17) is 21.3 Å². The number of likely N-dealkylation sites (tertiary alicyclic amines) is 1. The lowest BCUT2D eigenvalue weighted by Crippen LogP contribution is -2.36. The number of fused-ring (bicyclic) bond motifs is 1. The molecule has 1 saturated heterocycles. The van der Waals surface area contributed by atoms with Crippen LogP contribution in [0.2, 0.25) is 5.02 Å². The first kappa shape index (κ1) is 21.2. The van der Waals surface area contributed by atoms with Crippen LogP contribution in [-0.2, 0) is 23.1 Å². The zero-order chi connectivity index (χ0) is 21.8. The molecule has 2 amide bonds. The van der Waals surface area contributed by atoms with Crippen molar-refractivity contribution in [3.05, 3.63) is 53.3 Å². The number of piperidine rings is 1. The number of aromatic nitrogens is 2. The minimum Gasteiger partial charge on any atom is -0.484 e. The number of rotatable bonds is 7. The molecule has 0 unspecified atom stereocenters. The van der Waals surface area contributed by atoms with Gasteiger partial charge < -0.3 is 19.5 Å². The number of amides is 2. The summed E-state index contributed by atoms with van der Waals surface area (Å²) in [5, 5.41) is 3.46. The lowest BCUT2D eigenvalue weighted by Gasteiger charge is -2.26. The van der Waals surface area contributed by atoms with E-state index in [2.05, 4.69) is 5.32 Å². The number of imidazole rings is 1. The van der Waals surface area contributed by atoms with E-state index in [-0.39, 0.29) is 18.4 Å². The first-order chi connectivity index (χ1) is 15.0. The molecule has 4 rings (SSSR count). The van der Waals surface area contributed by atoms with Crippen molar-refractivity contribution in [2.45, 2.75) is 25.7 Å². The Morgan fingerprint density at radius 3 is 2.77 bits per heavy atom. The van der Waals surface area contributed by atoms with Crippen molar-refractivity contribution >= 4 is 40.1 Å². The molecule has 2 heterocycles. The Morgan fingerprint density at radius 2 is 2.00 bits per heavy atom. The number of anilines is 1. The Kier molecular flexibility index (Phi) is 6.42. The number of aryl methyl sites for hydroxylation is 1. The third-order valence-corrected chi connectivity index (χ3v) is 5.72. The molecule has 162 valence electrons. The van der Waals surface area contributed by atoms with Crippen LogP contribution in [0.15, 0.2) is 42.5 Å². The topological polar surface area (TPSA) is 76.5 Å². The van der Waals surface area contributed by atoms with Crippen LogP contribution in [0, 0.1) is 0 Å². The molecular formula is C23H25ClN4O3. The molecule has 8 heteroatoms. The molecule has 1 fully saturated rings. The Balaban J connectivity index is 1.37. The number of benzene rings is 2. The SMILES string of the molecule is Cn1c(CCN2CCCCC2=O)nc2cc(NC(=O)COc3ccc(Cl)cc3)ccc21. The average molecular weight is 441 g/mol. The van der Waals surface area contributed by atoms with Crippen molar-refractivity contribution in [1.82, 2.24) is 14.5 Å². The predicted octanol–water partition coefficient (Wildman–Crippen LogP) is 3.80. The summed E-state index contributed by atoms with van der Waals surface area (Å²) in [5.74, 6) is 1.48. The summed E-state index contributed by atoms with van der Waals surface area (Å²) in [7, 11) is 1.97. The van der Waals surface area contributed by atoms with Crippen LogP contribution >= 0.6 is 11.6 Å². The molecule has 1 N–H and O–H groups in total. The molecule has 0 saturated carbocycles. The van der Waals surface area contributed by atoms with Gasteiger partial charge in [0.15, 0.2) is 6.61 Å². The second-order valence-corrected chi connectivity index (χ2v) is 8.11. The van der Waals surface area contributed by atoms with Crippen LogP contribution in [0.5, 0.6) is 5.75 Å². The lowest BCUT2D eigenvalue weighted by atomic mass is 10.1. The van der Waals surface area contributed by atoms with Crippen molar-refractivity contribution in [2.75, 3.05) is 25.0 Å². The number of carbonyl (C=O) groups is 2. The molecule has 0 spiro atoms. The van der Waals surface area contributed by atoms with E-state index in [1.165, 1.54) is 0 Å². The number of halogens is 1. The average Bonchev–Trinajstić information content (AvgIpc) is 3.07. The third kappa shape index (κ3) is 5.17. The van der Waals surface area contributed by atoms with Gasteiger partial charge in [0.25, 0.3) is 5.91 Å². The maximum absolute atomic E-state index is 12.2. The number of ether oxygens (including phenoxy) is 1. The summed E-state index contributed by atoms with van der Waals surface area (Å²) in [6.07, 6.45) is 3.40. The molecule has 0 aliphatic carbocycles. The van der Waals surface area contributed by atoms with Gasteiger partial charge >= 0.3 is 0 Å². The van der Waals surface area contributed by atoms with Crippen molar-refractivity contribution in [1.29, 1.82) is 0 Å². The lowest BCUT2D eigenvalue weighted by molar-refractivity contribution is -0.133. The fraction of sp³-hybridized carbons (Fsp3) is 0.348. The van der Waals surface area contributed by atoms with Gasteiger partial charge in [-0.3, -0.25) is 9.59 Å². The largest absolute Gasteiger partial charge is 0.484 e. The maximum atomic E-state index is 12.2. The quantitative estimate of drug-likeness (QED) is 0.606. The number of nitrogens with one attached hydrogen (secondary N) is 1. The van der Waals surface area contributed by atoms with Gasteiger partial charge in [0.2, 0.25) is 5.91 Å². The minimum absolute atomic E-state index is 0.100. The second-order valence-electron chi connectivity index (χ2n) is 7.67. The Labute approximate surface area is 186 Å². The summed E-state index contributed by atoms with van der Waals surface area (Å²) in [5.41, 5.74) is 2.45. The van der Waals surface area contributed by atoms with Crippen LogP contribution in [0.1, 0.15) is 25.1 Å². The molecule has 0 atom stereocenters. The smallest absolute Gasteiger partial charge is 0.262 e. The summed E-state index contributed by atoms with van der Waals surface area (Å²) in [6.45, 7) is 1.41. The first-order valence-electron chi connectivity index (χ1n) is 10.4. The van der Waals surface area contributed by atoms with Crippen LogP contribution in [0.3, 0.4) is 0 Å². The van der Waals surface area contributed by atoms with Crippen LogP contribution < -0.4 is 10.1 Å². The molecular weight excluding hydrogens is 416 g/mol. The maximum Gasteiger partial charge on any atom is 0.262 e. The van der Waals surface area contributed by atoms with Gasteiger partial charge in [0.1, 0.15) is 11.6 Å². The molecule has 1 aliphatic heterocycles. The van der Waals surface area contributed by atoms with E-state index in [0.29, 0.717) is 35.8 Å². The third-order valence-electron chi connectivity index (χ3n) is 5.47. The highest BCUT2D eigenvalue weighted by Crippen LogP contribution is 2.21. The normalized spacial score (nSPS) is 14.1. The van der Waals surface area contributed by atoms with Gasteiger partial charge in [0, 0.05) is 43.7 Å². The van der Waals surface area contributed by atoms with Crippen LogP contribution in [0.25, 0.3) is 11.0 Å². The summed E-state index contributed by atoms with van der Waals surface area (Å²) in [6, 6.07) is 12.5. The van der Waals surface area contributed by atoms with Crippen LogP contribution in [0.4, 0.5) is 5.69 Å². The molecule has 2 aromatic carbocycles. The van der Waals surface area contributed by atoms with E-state index in [1.54, 1.807) is 24.3 Å². The van der Waals surface area contributed by atoms with E-state index in [1.807, 2.05) is 34.7 Å². The van der Waals surface area contributed by atoms with Gasteiger partial charge in [-0.1, -0.05) is 11.6 Å². The van der Waals surface area contributed by atoms with Gasteiger partial charge in [-0.15, -0.1) is 0 Å². The van der Waals surface area contributed by atoms with Crippen LogP contribution in [-0.4, -0.2) is 46.0 Å². The zero-order valence-corrected chi connectivity index (χ0v) is 18.2. The molecule has 7 nitrogen and oxygen atoms in total. The van der Waals surface area contributed by atoms with Crippen molar-refractivity contribution in [3.63, 3.8) is 0 Å². The van der Waals surface area contributed by atoms with Gasteiger partial charge in [-0.05, 0) is 55.3 Å². The zero-order valence-electron chi connectivity index (χ0n) is 17.4. The highest BCUT2D eigenvalue weighted by Gasteiger charge is 2.18. The fourth-order valence-electron chi connectivity index (χ4n) is 3.76. The molecule has 3 aromatic rings. The number of carbonyl (C=O) groups excluding carboxylic acids is 2. The van der Waals surface area contributed by atoms with E-state index in [9.17, 15) is 9.59 Å². The van der Waals surface area contributed by atoms with E-state index < -0.39 is 0 Å². The fourth-order valence-corrected chi connectivity index (χ4v) is 3.89. The molecule has 31 heavy (non-hydrogen) atoms. The molecule has 1 aromatic heterocycles. The van der Waals surface area contributed by atoms with Crippen molar-refractivity contribution in [3.8, 4) is 5.75 Å². The minimum atomic E-state index is -0.255. The second kappa shape index (κ2) is 9.39. The van der Waals surface area contributed by atoms with Gasteiger partial charge in [-0.2, -0.15) is 0 Å². The number of hydrogen-bond donors (Lipinski definition) is 1. The van der Waals surface area contributed by atoms with Crippen molar-refractivity contribution in [2.24, 2.45) is 7.05 Å². The van der Waals surface area contributed by atoms with Gasteiger partial charge in [-0.25, -0.2) is 4.98 Å². The molecule has 1 aliphatic rings. The Morgan fingerprint density at radius 1 is 1.19 bits per heavy atom. The monoisotopic (exact) mass is 440 g/mol. The highest BCUT2D eigenvalue weighted by atomic mass is 35.5. The standard InChI is InChI=1S/C23H25ClN4O3/c1-27-20-10-7-17(25-22(29)15-31-18-8-5-16(24)6-9-18)14-19(20)26-21(27)11-13-28-12-3-2-4-23(28)30/h5-10,14H,2-4,11-13,15H2,1H3,(H,25,29). The van der Waals surface area contributed by atoms with E-state index >= 15 is 0 Å². The Hall–Kier alpha value is -3.06. The highest BCUT2D eigenvalue weighted by molar-refractivity contribution is 6.30. The van der Waals surface area contributed by atoms with E-state index in [0.717, 1.165) is 36.2 Å². The summed E-state index contributed by atoms with van der Waals surface area (Å²) < 4.78 is 7.52.